The highest BCUT2D eigenvalue weighted by atomic mass is 16.2. The second-order valence-electron chi connectivity index (χ2n) is 5.24. The van der Waals surface area contributed by atoms with Crippen molar-refractivity contribution < 1.29 is 4.79 Å². The van der Waals surface area contributed by atoms with Gasteiger partial charge in [0.1, 0.15) is 5.56 Å². The molecule has 0 saturated carbocycles. The Hall–Kier alpha value is -2.70. The van der Waals surface area contributed by atoms with Crippen molar-refractivity contribution in [2.24, 2.45) is 0 Å². The lowest BCUT2D eigenvalue weighted by Crippen LogP contribution is -2.49. The van der Waals surface area contributed by atoms with Gasteiger partial charge in [-0.15, -0.1) is 5.10 Å². The molecule has 0 unspecified atom stereocenters. The van der Waals surface area contributed by atoms with Crippen LogP contribution in [0.3, 0.4) is 0 Å². The summed E-state index contributed by atoms with van der Waals surface area (Å²) < 4.78 is 0. The monoisotopic (exact) mass is 299 g/mol. The first-order chi connectivity index (χ1) is 10.7. The maximum absolute atomic E-state index is 12.5. The molecule has 1 amide bonds. The number of nitrogens with zero attached hydrogens (tertiary/aromatic N) is 4. The zero-order valence-corrected chi connectivity index (χ0v) is 12.3. The molecule has 3 rings (SSSR count). The van der Waals surface area contributed by atoms with E-state index < -0.39 is 0 Å². The van der Waals surface area contributed by atoms with Crippen LogP contribution in [0.15, 0.2) is 35.5 Å². The van der Waals surface area contributed by atoms with Crippen LogP contribution in [0, 0.1) is 6.92 Å². The number of hydrogen-bond acceptors (Lipinski definition) is 5. The molecular formula is C15H17N5O2. The Morgan fingerprint density at radius 1 is 1.23 bits per heavy atom. The molecule has 7 heteroatoms. The topological polar surface area (TPSA) is 82.2 Å². The second-order valence-corrected chi connectivity index (χ2v) is 5.24. The standard InChI is InChI=1S/C15H17N5O2/c1-11-9-16-10-12(14(11)21)15(22)20-7-5-19(6-8-20)13-3-2-4-17-18-13/h2-4,9-10H,5-8H2,1H3,(H,16,21). The second kappa shape index (κ2) is 5.97. The van der Waals surface area contributed by atoms with Gasteiger partial charge in [-0.25, -0.2) is 0 Å². The van der Waals surface area contributed by atoms with Crippen LogP contribution in [0.2, 0.25) is 0 Å². The molecule has 0 bridgehead atoms. The third-order valence-corrected chi connectivity index (χ3v) is 3.81. The third kappa shape index (κ3) is 2.69. The number of anilines is 1. The molecule has 1 aliphatic rings. The Kier molecular flexibility index (Phi) is 3.86. The normalized spacial score (nSPS) is 15.0. The van der Waals surface area contributed by atoms with Crippen molar-refractivity contribution in [2.75, 3.05) is 31.1 Å². The summed E-state index contributed by atoms with van der Waals surface area (Å²) in [6.45, 7) is 4.16. The van der Waals surface area contributed by atoms with E-state index in [0.29, 0.717) is 31.7 Å². The number of pyridine rings is 1. The fourth-order valence-corrected chi connectivity index (χ4v) is 2.52. The summed E-state index contributed by atoms with van der Waals surface area (Å²) in [6.07, 6.45) is 4.71. The van der Waals surface area contributed by atoms with Gasteiger partial charge in [-0.2, -0.15) is 5.10 Å². The van der Waals surface area contributed by atoms with Gasteiger partial charge in [-0.05, 0) is 19.1 Å². The van der Waals surface area contributed by atoms with Crippen molar-refractivity contribution in [3.63, 3.8) is 0 Å². The highest BCUT2D eigenvalue weighted by molar-refractivity contribution is 5.94. The van der Waals surface area contributed by atoms with E-state index >= 15 is 0 Å². The fourth-order valence-electron chi connectivity index (χ4n) is 2.52. The number of piperazine rings is 1. The summed E-state index contributed by atoms with van der Waals surface area (Å²) in [4.78, 5) is 31.2. The SMILES string of the molecule is Cc1c[nH]cc(C(=O)N2CCN(c3cccnn3)CC2)c1=O. The molecule has 1 saturated heterocycles. The van der Waals surface area contributed by atoms with Gasteiger partial charge in [0.25, 0.3) is 5.91 Å². The summed E-state index contributed by atoms with van der Waals surface area (Å²) in [5.74, 6) is 0.590. The summed E-state index contributed by atoms with van der Waals surface area (Å²) >= 11 is 0. The van der Waals surface area contributed by atoms with E-state index in [1.165, 1.54) is 6.20 Å². The Morgan fingerprint density at radius 2 is 2.00 bits per heavy atom. The van der Waals surface area contributed by atoms with E-state index in [1.807, 2.05) is 12.1 Å². The largest absolute Gasteiger partial charge is 0.366 e. The Bertz CT molecular complexity index is 720. The van der Waals surface area contributed by atoms with Gasteiger partial charge in [-0.1, -0.05) is 0 Å². The zero-order valence-electron chi connectivity index (χ0n) is 12.3. The molecule has 2 aromatic heterocycles. The molecule has 2 aromatic rings. The van der Waals surface area contributed by atoms with Gasteiger partial charge in [0, 0.05) is 50.3 Å². The van der Waals surface area contributed by atoms with Crippen molar-refractivity contribution in [1.29, 1.82) is 0 Å². The number of hydrogen-bond donors (Lipinski definition) is 1. The molecule has 0 atom stereocenters. The molecule has 1 fully saturated rings. The molecule has 1 N–H and O–H groups in total. The Labute approximate surface area is 127 Å². The molecular weight excluding hydrogens is 282 g/mol. The van der Waals surface area contributed by atoms with E-state index in [1.54, 1.807) is 24.2 Å². The maximum atomic E-state index is 12.5. The van der Waals surface area contributed by atoms with E-state index in [2.05, 4.69) is 20.1 Å². The number of carbonyl (C=O) groups excluding carboxylic acids is 1. The van der Waals surface area contributed by atoms with E-state index in [-0.39, 0.29) is 16.9 Å². The lowest BCUT2D eigenvalue weighted by Gasteiger charge is -2.35. The molecule has 7 nitrogen and oxygen atoms in total. The number of rotatable bonds is 2. The quantitative estimate of drug-likeness (QED) is 0.870. The first-order valence-electron chi connectivity index (χ1n) is 7.16. The van der Waals surface area contributed by atoms with Gasteiger partial charge in [0.05, 0.1) is 0 Å². The molecule has 3 heterocycles. The van der Waals surface area contributed by atoms with Crippen LogP contribution in [0.4, 0.5) is 5.82 Å². The minimum atomic E-state index is -0.219. The molecule has 0 radical (unpaired) electrons. The summed E-state index contributed by atoms with van der Waals surface area (Å²) in [5, 5.41) is 7.94. The average Bonchev–Trinajstić information content (AvgIpc) is 2.58. The Morgan fingerprint density at radius 3 is 2.68 bits per heavy atom. The number of H-pyrrole nitrogens is 1. The average molecular weight is 299 g/mol. The first kappa shape index (κ1) is 14.2. The van der Waals surface area contributed by atoms with Crippen LogP contribution >= 0.6 is 0 Å². The van der Waals surface area contributed by atoms with Crippen molar-refractivity contribution >= 4 is 11.7 Å². The number of aryl methyl sites for hydroxylation is 1. The molecule has 22 heavy (non-hydrogen) atoms. The van der Waals surface area contributed by atoms with Gasteiger partial charge in [0.15, 0.2) is 11.2 Å². The lowest BCUT2D eigenvalue weighted by molar-refractivity contribution is 0.0744. The number of aromatic nitrogens is 3. The van der Waals surface area contributed by atoms with Gasteiger partial charge in [-0.3, -0.25) is 9.59 Å². The van der Waals surface area contributed by atoms with Crippen molar-refractivity contribution in [2.45, 2.75) is 6.92 Å². The first-order valence-corrected chi connectivity index (χ1v) is 7.16. The van der Waals surface area contributed by atoms with E-state index in [9.17, 15) is 9.59 Å². The molecule has 1 aliphatic heterocycles. The lowest BCUT2D eigenvalue weighted by atomic mass is 10.1. The van der Waals surface area contributed by atoms with Crippen LogP contribution in [-0.4, -0.2) is 52.2 Å². The van der Waals surface area contributed by atoms with Gasteiger partial charge < -0.3 is 14.8 Å². The van der Waals surface area contributed by atoms with Crippen LogP contribution in [0.5, 0.6) is 0 Å². The third-order valence-electron chi connectivity index (χ3n) is 3.81. The minimum absolute atomic E-state index is 0.202. The predicted molar refractivity (Wildman–Crippen MR) is 81.9 cm³/mol. The van der Waals surface area contributed by atoms with Crippen molar-refractivity contribution in [3.05, 3.63) is 52.1 Å². The minimum Gasteiger partial charge on any atom is -0.366 e. The van der Waals surface area contributed by atoms with Crippen LogP contribution in [0.25, 0.3) is 0 Å². The number of nitrogens with one attached hydrogen (secondary N) is 1. The summed E-state index contributed by atoms with van der Waals surface area (Å²) in [6, 6.07) is 3.74. The van der Waals surface area contributed by atoms with Gasteiger partial charge in [0.2, 0.25) is 0 Å². The highest BCUT2D eigenvalue weighted by Crippen LogP contribution is 2.13. The number of carbonyl (C=O) groups is 1. The van der Waals surface area contributed by atoms with Gasteiger partial charge >= 0.3 is 0 Å². The van der Waals surface area contributed by atoms with Crippen molar-refractivity contribution in [3.8, 4) is 0 Å². The van der Waals surface area contributed by atoms with E-state index in [4.69, 9.17) is 0 Å². The zero-order chi connectivity index (χ0) is 15.5. The van der Waals surface area contributed by atoms with Crippen molar-refractivity contribution in [1.82, 2.24) is 20.1 Å². The number of aromatic amines is 1. The smallest absolute Gasteiger partial charge is 0.259 e. The Balaban J connectivity index is 1.70. The van der Waals surface area contributed by atoms with Crippen LogP contribution in [-0.2, 0) is 0 Å². The number of amides is 1. The predicted octanol–water partition coefficient (Wildman–Crippen LogP) is 0.436. The highest BCUT2D eigenvalue weighted by Gasteiger charge is 2.24. The van der Waals surface area contributed by atoms with Crippen LogP contribution < -0.4 is 10.3 Å². The fraction of sp³-hybridized carbons (Fsp3) is 0.333. The molecule has 0 aliphatic carbocycles. The molecule has 0 spiro atoms. The maximum Gasteiger partial charge on any atom is 0.259 e. The summed E-state index contributed by atoms with van der Waals surface area (Å²) in [7, 11) is 0. The molecule has 0 aromatic carbocycles. The summed E-state index contributed by atoms with van der Waals surface area (Å²) in [5.41, 5.74) is 0.539. The van der Waals surface area contributed by atoms with Crippen LogP contribution in [0.1, 0.15) is 15.9 Å². The van der Waals surface area contributed by atoms with E-state index in [0.717, 1.165) is 5.82 Å². The molecule has 114 valence electrons.